The normalized spacial score (nSPS) is 27.4. The number of ether oxygens (including phenoxy) is 5. The van der Waals surface area contributed by atoms with Crippen molar-refractivity contribution in [2.45, 2.75) is 63.2 Å². The van der Waals surface area contributed by atoms with E-state index in [4.69, 9.17) is 23.7 Å². The maximum absolute atomic E-state index is 13.2. The monoisotopic (exact) mass is 630 g/mol. The third-order valence-electron chi connectivity index (χ3n) is 7.56. The Morgan fingerprint density at radius 2 is 1.42 bits per heavy atom. The summed E-state index contributed by atoms with van der Waals surface area (Å²) >= 11 is 0. The summed E-state index contributed by atoms with van der Waals surface area (Å²) in [5.74, 6) is -2.09. The first kappa shape index (κ1) is 33.9. The van der Waals surface area contributed by atoms with Crippen LogP contribution in [0, 0.1) is 5.92 Å². The van der Waals surface area contributed by atoms with E-state index in [0.717, 1.165) is 17.4 Å². The number of aromatic hydroxyl groups is 2. The molecule has 0 amide bonds. The third kappa shape index (κ3) is 8.81. The van der Waals surface area contributed by atoms with Crippen LogP contribution in [0.3, 0.4) is 0 Å². The van der Waals surface area contributed by atoms with Crippen LogP contribution in [0.4, 0.5) is 0 Å². The molecule has 0 aromatic heterocycles. The Balaban J connectivity index is 1.47. The lowest BCUT2D eigenvalue weighted by atomic mass is 9.86. The van der Waals surface area contributed by atoms with E-state index in [1.54, 1.807) is 37.3 Å². The summed E-state index contributed by atoms with van der Waals surface area (Å²) < 4.78 is 27.9. The van der Waals surface area contributed by atoms with Crippen molar-refractivity contribution >= 4 is 11.9 Å². The van der Waals surface area contributed by atoms with Crippen LogP contribution < -0.4 is 0 Å². The molecule has 244 valence electrons. The molecule has 1 fully saturated rings. The van der Waals surface area contributed by atoms with E-state index in [2.05, 4.69) is 0 Å². The zero-order chi connectivity index (χ0) is 32.5. The quantitative estimate of drug-likeness (QED) is 0.143. The molecule has 0 radical (unpaired) electrons. The molecular formula is C32H38O13. The molecule has 2 aromatic carbocycles. The number of hydrogen-bond donors (Lipinski definition) is 6. The summed E-state index contributed by atoms with van der Waals surface area (Å²) in [7, 11) is 0. The van der Waals surface area contributed by atoms with Crippen molar-refractivity contribution in [1.29, 1.82) is 0 Å². The van der Waals surface area contributed by atoms with Gasteiger partial charge < -0.3 is 54.3 Å². The third-order valence-corrected chi connectivity index (χ3v) is 7.56. The maximum Gasteiger partial charge on any atom is 0.337 e. The maximum atomic E-state index is 13.2. The molecule has 4 rings (SSSR count). The highest BCUT2D eigenvalue weighted by molar-refractivity contribution is 5.91. The first-order valence-electron chi connectivity index (χ1n) is 14.5. The zero-order valence-electron chi connectivity index (χ0n) is 24.6. The lowest BCUT2D eigenvalue weighted by Crippen LogP contribution is -2.60. The Morgan fingerprint density at radius 1 is 0.844 bits per heavy atom. The van der Waals surface area contributed by atoms with Gasteiger partial charge in [-0.2, -0.15) is 0 Å². The average Bonchev–Trinajstić information content (AvgIpc) is 3.03. The highest BCUT2D eigenvalue weighted by Gasteiger charge is 2.47. The molecule has 2 heterocycles. The smallest absolute Gasteiger partial charge is 0.337 e. The molecule has 2 aromatic rings. The van der Waals surface area contributed by atoms with Gasteiger partial charge in [0.2, 0.25) is 6.29 Å². The Hall–Kier alpha value is -3.98. The summed E-state index contributed by atoms with van der Waals surface area (Å²) in [4.78, 5) is 26.2. The molecule has 13 heteroatoms. The number of aliphatic hydroxyl groups is 4. The highest BCUT2D eigenvalue weighted by atomic mass is 16.8. The number of aliphatic hydroxyl groups excluding tert-OH is 4. The number of phenols is 2. The molecular weight excluding hydrogens is 592 g/mol. The van der Waals surface area contributed by atoms with Crippen molar-refractivity contribution in [1.82, 2.24) is 0 Å². The van der Waals surface area contributed by atoms with Gasteiger partial charge in [-0.15, -0.1) is 0 Å². The summed E-state index contributed by atoms with van der Waals surface area (Å²) in [5, 5.41) is 59.2. The van der Waals surface area contributed by atoms with Crippen molar-refractivity contribution in [3.8, 4) is 11.5 Å². The molecule has 7 atom stereocenters. The largest absolute Gasteiger partial charge is 0.508 e. The van der Waals surface area contributed by atoms with Crippen molar-refractivity contribution in [3.63, 3.8) is 0 Å². The van der Waals surface area contributed by atoms with E-state index in [1.807, 2.05) is 0 Å². The Kier molecular flexibility index (Phi) is 11.9. The predicted octanol–water partition coefficient (Wildman–Crippen LogP) is 0.979. The minimum Gasteiger partial charge on any atom is -0.508 e. The van der Waals surface area contributed by atoms with Crippen molar-refractivity contribution in [2.24, 2.45) is 5.92 Å². The Labute approximate surface area is 259 Å². The first-order chi connectivity index (χ1) is 21.6. The van der Waals surface area contributed by atoms with E-state index >= 15 is 0 Å². The first-order valence-corrected chi connectivity index (χ1v) is 14.5. The molecule has 0 bridgehead atoms. The van der Waals surface area contributed by atoms with Crippen LogP contribution in [0.2, 0.25) is 0 Å². The predicted molar refractivity (Wildman–Crippen MR) is 155 cm³/mol. The number of carbonyl (C=O) groups excluding carboxylic acids is 2. The lowest BCUT2D eigenvalue weighted by Gasteiger charge is -2.42. The number of allylic oxidation sites excluding steroid dienone is 1. The van der Waals surface area contributed by atoms with E-state index in [1.165, 1.54) is 24.3 Å². The number of benzene rings is 2. The van der Waals surface area contributed by atoms with Gasteiger partial charge in [-0.05, 0) is 42.3 Å². The average molecular weight is 631 g/mol. The number of esters is 2. The van der Waals surface area contributed by atoms with Crippen LogP contribution in [-0.4, -0.2) is 99.4 Å². The van der Waals surface area contributed by atoms with Gasteiger partial charge >= 0.3 is 11.9 Å². The van der Waals surface area contributed by atoms with Crippen molar-refractivity contribution in [3.05, 3.63) is 83.1 Å². The van der Waals surface area contributed by atoms with Gasteiger partial charge in [-0.3, -0.25) is 4.79 Å². The second-order valence-corrected chi connectivity index (χ2v) is 10.6. The van der Waals surface area contributed by atoms with Crippen LogP contribution in [0.5, 0.6) is 11.5 Å². The summed E-state index contributed by atoms with van der Waals surface area (Å²) in [6.45, 7) is 1.01. The second-order valence-electron chi connectivity index (χ2n) is 10.6. The van der Waals surface area contributed by atoms with Gasteiger partial charge in [0, 0.05) is 24.3 Å². The molecule has 6 N–H and O–H groups in total. The fraction of sp³-hybridized carbons (Fsp3) is 0.438. The summed E-state index contributed by atoms with van der Waals surface area (Å²) in [6.07, 6.45) is -5.92. The second kappa shape index (κ2) is 15.8. The van der Waals surface area contributed by atoms with Gasteiger partial charge in [0.05, 0.1) is 38.1 Å². The van der Waals surface area contributed by atoms with E-state index in [0.29, 0.717) is 18.4 Å². The number of carbonyl (C=O) groups is 2. The van der Waals surface area contributed by atoms with Crippen LogP contribution in [0.1, 0.15) is 24.5 Å². The van der Waals surface area contributed by atoms with Crippen LogP contribution >= 0.6 is 0 Å². The SMILES string of the molecule is C/C=C1\[C@H](O[C@@H]2O[C@H](CO)[C@@H](O)[C@H](O)[C@H]2O)OC=C(C(=O)OCCc2ccc(O)cc2)[C@H]1CC(=O)OCCc1ccc(O)cc1. The topological polar surface area (TPSA) is 202 Å². The molecule has 0 aliphatic carbocycles. The van der Waals surface area contributed by atoms with Crippen molar-refractivity contribution in [2.75, 3.05) is 19.8 Å². The van der Waals surface area contributed by atoms with Crippen LogP contribution in [0.15, 0.2) is 72.0 Å². The Morgan fingerprint density at radius 3 is 1.98 bits per heavy atom. The van der Waals surface area contributed by atoms with Gasteiger partial charge in [0.15, 0.2) is 6.29 Å². The fourth-order valence-electron chi connectivity index (χ4n) is 4.99. The van der Waals surface area contributed by atoms with Crippen molar-refractivity contribution < 1.29 is 63.9 Å². The van der Waals surface area contributed by atoms with E-state index in [-0.39, 0.29) is 36.7 Å². The van der Waals surface area contributed by atoms with E-state index in [9.17, 15) is 40.2 Å². The molecule has 2 aliphatic heterocycles. The van der Waals surface area contributed by atoms with E-state index < -0.39 is 61.5 Å². The lowest BCUT2D eigenvalue weighted by molar-refractivity contribution is -0.327. The standard InChI is InChI=1S/C32H38O13/c1-2-22-23(15-26(36)41-13-11-18-3-7-20(34)8-4-18)24(30(40)42-14-12-19-5-9-21(35)10-6-19)17-43-31(22)45-32-29(39)28(38)27(37)25(16-33)44-32/h2-10,17,23,25,27-29,31-35,37-39H,11-16H2,1H3/b22-2-/t23-,25+,27+,28-,29+,31-,32-/m0/s1. The van der Waals surface area contributed by atoms with Gasteiger partial charge in [-0.1, -0.05) is 30.3 Å². The molecule has 45 heavy (non-hydrogen) atoms. The minimum absolute atomic E-state index is 0.000710. The molecule has 1 saturated heterocycles. The molecule has 2 aliphatic rings. The molecule has 0 unspecified atom stereocenters. The van der Waals surface area contributed by atoms with Gasteiger partial charge in [0.25, 0.3) is 0 Å². The minimum atomic E-state index is -1.71. The van der Waals surface area contributed by atoms with Gasteiger partial charge in [0.1, 0.15) is 35.9 Å². The number of rotatable bonds is 12. The molecule has 0 spiro atoms. The van der Waals surface area contributed by atoms with Crippen LogP contribution in [0.25, 0.3) is 0 Å². The number of phenolic OH excluding ortho intramolecular Hbond substituents is 2. The Bertz CT molecular complexity index is 1340. The number of hydrogen-bond acceptors (Lipinski definition) is 13. The summed E-state index contributed by atoms with van der Waals surface area (Å²) in [6, 6.07) is 12.9. The summed E-state index contributed by atoms with van der Waals surface area (Å²) in [5.41, 5.74) is 1.98. The fourth-order valence-corrected chi connectivity index (χ4v) is 4.99. The van der Waals surface area contributed by atoms with Crippen LogP contribution in [-0.2, 0) is 46.1 Å². The molecule has 0 saturated carbocycles. The molecule has 13 nitrogen and oxygen atoms in total. The zero-order valence-corrected chi connectivity index (χ0v) is 24.6. The van der Waals surface area contributed by atoms with Gasteiger partial charge in [-0.25, -0.2) is 4.79 Å². The highest BCUT2D eigenvalue weighted by Crippen LogP contribution is 2.36.